The lowest BCUT2D eigenvalue weighted by Gasteiger charge is -2.32. The summed E-state index contributed by atoms with van der Waals surface area (Å²) in [5.74, 6) is 0.399. The van der Waals surface area contributed by atoms with E-state index in [1.165, 1.54) is 6.26 Å². The number of nitrogens with zero attached hydrogens (tertiary/aromatic N) is 2. The average Bonchev–Trinajstić information content (AvgIpc) is 2.33. The summed E-state index contributed by atoms with van der Waals surface area (Å²) in [5.41, 5.74) is 5.70. The summed E-state index contributed by atoms with van der Waals surface area (Å²) in [6.07, 6.45) is 5.08. The third kappa shape index (κ3) is 4.81. The summed E-state index contributed by atoms with van der Waals surface area (Å²) in [6, 6.07) is -0.0456. The van der Waals surface area contributed by atoms with Gasteiger partial charge in [0.25, 0.3) is 0 Å². The first kappa shape index (κ1) is 15.2. The van der Waals surface area contributed by atoms with Crippen LogP contribution >= 0.6 is 0 Å². The maximum atomic E-state index is 11.6. The number of nitrogens with two attached hydrogens (primary N) is 1. The minimum Gasteiger partial charge on any atom is -0.370 e. The molecule has 1 fully saturated rings. The lowest BCUT2D eigenvalue weighted by atomic mass is 10.1. The molecule has 0 aliphatic carbocycles. The van der Waals surface area contributed by atoms with E-state index >= 15 is 0 Å². The molecule has 6 nitrogen and oxygen atoms in total. The molecule has 1 saturated heterocycles. The number of sulfonamides is 1. The summed E-state index contributed by atoms with van der Waals surface area (Å²) in [6.45, 7) is 3.87. The normalized spacial score (nSPS) is 23.0. The van der Waals surface area contributed by atoms with Gasteiger partial charge in [0.05, 0.1) is 12.8 Å². The van der Waals surface area contributed by atoms with Crippen LogP contribution < -0.4 is 11.1 Å². The third-order valence-corrected chi connectivity index (χ3v) is 4.36. The summed E-state index contributed by atoms with van der Waals surface area (Å²) in [5, 5.41) is 2.99. The average molecular weight is 276 g/mol. The zero-order chi connectivity index (χ0) is 13.6. The minimum absolute atomic E-state index is 0.0456. The van der Waals surface area contributed by atoms with Gasteiger partial charge in [0.1, 0.15) is 0 Å². The smallest absolute Gasteiger partial charge is 0.211 e. The molecule has 0 aromatic rings. The monoisotopic (exact) mass is 276 g/mol. The summed E-state index contributed by atoms with van der Waals surface area (Å²) in [4.78, 5) is 4.23. The van der Waals surface area contributed by atoms with Crippen LogP contribution in [0.1, 0.15) is 32.6 Å². The van der Waals surface area contributed by atoms with Crippen molar-refractivity contribution in [3.05, 3.63) is 0 Å². The van der Waals surface area contributed by atoms with E-state index < -0.39 is 10.0 Å². The number of rotatable bonds is 5. The van der Waals surface area contributed by atoms with Gasteiger partial charge in [-0.25, -0.2) is 8.42 Å². The minimum atomic E-state index is -3.14. The molecule has 1 rings (SSSR count). The van der Waals surface area contributed by atoms with E-state index in [1.807, 2.05) is 6.92 Å². The van der Waals surface area contributed by atoms with Crippen LogP contribution in [0.15, 0.2) is 4.99 Å². The Morgan fingerprint density at radius 1 is 1.50 bits per heavy atom. The molecule has 0 spiro atoms. The van der Waals surface area contributed by atoms with Gasteiger partial charge >= 0.3 is 0 Å². The number of guanidine groups is 1. The van der Waals surface area contributed by atoms with Crippen LogP contribution in [-0.4, -0.2) is 50.6 Å². The molecule has 18 heavy (non-hydrogen) atoms. The molecule has 0 amide bonds. The Kier molecular flexibility index (Phi) is 5.87. The molecular formula is C11H24N4O2S. The van der Waals surface area contributed by atoms with Crippen molar-refractivity contribution in [2.75, 3.05) is 25.9 Å². The molecule has 0 saturated carbocycles. The quantitative estimate of drug-likeness (QED) is 0.551. The predicted octanol–water partition coefficient (Wildman–Crippen LogP) is 0.115. The molecule has 0 radical (unpaired) electrons. The Morgan fingerprint density at radius 2 is 2.22 bits per heavy atom. The fraction of sp³-hybridized carbons (Fsp3) is 0.909. The van der Waals surface area contributed by atoms with Crippen LogP contribution in [0.4, 0.5) is 0 Å². The van der Waals surface area contributed by atoms with Crippen molar-refractivity contribution in [1.29, 1.82) is 0 Å². The van der Waals surface area contributed by atoms with Crippen LogP contribution in [-0.2, 0) is 10.0 Å². The molecule has 0 aromatic carbocycles. The van der Waals surface area contributed by atoms with Crippen molar-refractivity contribution >= 4 is 16.0 Å². The molecule has 3 N–H and O–H groups in total. The molecule has 7 heteroatoms. The van der Waals surface area contributed by atoms with E-state index in [2.05, 4.69) is 10.3 Å². The molecule has 106 valence electrons. The van der Waals surface area contributed by atoms with Gasteiger partial charge in [0.2, 0.25) is 10.0 Å². The summed E-state index contributed by atoms with van der Waals surface area (Å²) < 4.78 is 24.8. The van der Waals surface area contributed by atoms with Gasteiger partial charge in [0, 0.05) is 19.1 Å². The standard InChI is InChI=1S/C11H24N4O2S/c1-3-7-13-11(12)14-9-10-6-4-5-8-15(10)18(2,16)17/h10H,3-9H2,1-2H3,(H3,12,13,14). The SMILES string of the molecule is CCCNC(N)=NCC1CCCCN1S(C)(=O)=O. The van der Waals surface area contributed by atoms with Gasteiger partial charge in [-0.1, -0.05) is 13.3 Å². The van der Waals surface area contributed by atoms with Crippen LogP contribution in [0.3, 0.4) is 0 Å². The zero-order valence-corrected chi connectivity index (χ0v) is 12.0. The topological polar surface area (TPSA) is 87.8 Å². The number of hydrogen-bond donors (Lipinski definition) is 2. The fourth-order valence-electron chi connectivity index (χ4n) is 2.11. The lowest BCUT2D eigenvalue weighted by molar-refractivity contribution is 0.259. The Balaban J connectivity index is 2.58. The second-order valence-corrected chi connectivity index (χ2v) is 6.61. The first-order valence-corrected chi connectivity index (χ1v) is 8.30. The van der Waals surface area contributed by atoms with Crippen molar-refractivity contribution in [3.63, 3.8) is 0 Å². The van der Waals surface area contributed by atoms with Gasteiger partial charge in [-0.2, -0.15) is 4.31 Å². The fourth-order valence-corrected chi connectivity index (χ4v) is 3.28. The van der Waals surface area contributed by atoms with Gasteiger partial charge in [0.15, 0.2) is 5.96 Å². The molecule has 1 aliphatic heterocycles. The van der Waals surface area contributed by atoms with Crippen LogP contribution in [0.25, 0.3) is 0 Å². The molecule has 1 aliphatic rings. The Morgan fingerprint density at radius 3 is 2.83 bits per heavy atom. The van der Waals surface area contributed by atoms with E-state index in [0.29, 0.717) is 19.0 Å². The molecule has 0 aromatic heterocycles. The maximum Gasteiger partial charge on any atom is 0.211 e. The third-order valence-electron chi connectivity index (χ3n) is 3.03. The van der Waals surface area contributed by atoms with Crippen LogP contribution in [0, 0.1) is 0 Å². The number of piperidine rings is 1. The zero-order valence-electron chi connectivity index (χ0n) is 11.2. The molecule has 1 unspecified atom stereocenters. The van der Waals surface area contributed by atoms with Gasteiger partial charge in [-0.15, -0.1) is 0 Å². The van der Waals surface area contributed by atoms with E-state index in [4.69, 9.17) is 5.73 Å². The summed E-state index contributed by atoms with van der Waals surface area (Å²) in [7, 11) is -3.14. The van der Waals surface area contributed by atoms with Crippen molar-refractivity contribution < 1.29 is 8.42 Å². The van der Waals surface area contributed by atoms with Gasteiger partial charge in [-0.05, 0) is 19.3 Å². The highest BCUT2D eigenvalue weighted by molar-refractivity contribution is 7.88. The number of aliphatic imine (C=N–C) groups is 1. The second kappa shape index (κ2) is 6.94. The maximum absolute atomic E-state index is 11.6. The van der Waals surface area contributed by atoms with E-state index in [1.54, 1.807) is 4.31 Å². The lowest BCUT2D eigenvalue weighted by Crippen LogP contribution is -2.45. The highest BCUT2D eigenvalue weighted by Crippen LogP contribution is 2.19. The van der Waals surface area contributed by atoms with Gasteiger partial charge in [-0.3, -0.25) is 4.99 Å². The molecular weight excluding hydrogens is 252 g/mol. The first-order chi connectivity index (χ1) is 8.45. The highest BCUT2D eigenvalue weighted by atomic mass is 32.2. The highest BCUT2D eigenvalue weighted by Gasteiger charge is 2.28. The Labute approximate surface area is 110 Å². The second-order valence-electron chi connectivity index (χ2n) is 4.68. The van der Waals surface area contributed by atoms with Crippen molar-refractivity contribution in [2.24, 2.45) is 10.7 Å². The van der Waals surface area contributed by atoms with Crippen LogP contribution in [0.5, 0.6) is 0 Å². The number of hydrogen-bond acceptors (Lipinski definition) is 3. The van der Waals surface area contributed by atoms with Crippen LogP contribution in [0.2, 0.25) is 0 Å². The Hall–Kier alpha value is -0.820. The van der Waals surface area contributed by atoms with Crippen molar-refractivity contribution in [1.82, 2.24) is 9.62 Å². The van der Waals surface area contributed by atoms with Gasteiger partial charge < -0.3 is 11.1 Å². The van der Waals surface area contributed by atoms with Crippen molar-refractivity contribution in [3.8, 4) is 0 Å². The largest absolute Gasteiger partial charge is 0.370 e. The van der Waals surface area contributed by atoms with E-state index in [0.717, 1.165) is 32.2 Å². The van der Waals surface area contributed by atoms with E-state index in [-0.39, 0.29) is 6.04 Å². The molecule has 1 heterocycles. The first-order valence-electron chi connectivity index (χ1n) is 6.45. The number of nitrogens with one attached hydrogen (secondary N) is 1. The summed E-state index contributed by atoms with van der Waals surface area (Å²) >= 11 is 0. The van der Waals surface area contributed by atoms with E-state index in [9.17, 15) is 8.42 Å². The predicted molar refractivity (Wildman–Crippen MR) is 74.0 cm³/mol. The molecule has 1 atom stereocenters. The Bertz CT molecular complexity index is 381. The molecule has 0 bridgehead atoms. The van der Waals surface area contributed by atoms with Crippen molar-refractivity contribution in [2.45, 2.75) is 38.6 Å².